The summed E-state index contributed by atoms with van der Waals surface area (Å²) in [6.07, 6.45) is -1.90. The molecule has 2 N–H and O–H groups in total. The monoisotopic (exact) mass is 507 g/mol. The van der Waals surface area contributed by atoms with E-state index in [9.17, 15) is 27.2 Å². The predicted molar refractivity (Wildman–Crippen MR) is 118 cm³/mol. The molecule has 0 spiro atoms. The fraction of sp³-hybridized carbons (Fsp3) is 0.208. The van der Waals surface area contributed by atoms with Crippen LogP contribution in [0.15, 0.2) is 60.9 Å². The van der Waals surface area contributed by atoms with Crippen molar-refractivity contribution in [1.29, 1.82) is 0 Å². The number of halogens is 5. The fourth-order valence-electron chi connectivity index (χ4n) is 4.34. The summed E-state index contributed by atoms with van der Waals surface area (Å²) in [5.41, 5.74) is 6.13. The van der Waals surface area contributed by atoms with Crippen LogP contribution < -0.4 is 10.5 Å². The molecule has 0 aliphatic heterocycles. The number of nitrogens with zero attached hydrogens (tertiary/aromatic N) is 2. The van der Waals surface area contributed by atoms with Crippen molar-refractivity contribution in [2.24, 2.45) is 5.73 Å². The van der Waals surface area contributed by atoms with E-state index in [2.05, 4.69) is 9.72 Å². The maximum atomic E-state index is 14.6. The van der Waals surface area contributed by atoms with Crippen LogP contribution in [-0.2, 0) is 11.2 Å². The number of primary amides is 1. The number of aromatic nitrogens is 1. The molecule has 11 heteroatoms. The molecule has 1 aliphatic carbocycles. The first-order valence-corrected chi connectivity index (χ1v) is 10.8. The minimum absolute atomic E-state index is 0.0679. The van der Waals surface area contributed by atoms with Gasteiger partial charge in [0.2, 0.25) is 5.91 Å². The highest BCUT2D eigenvalue weighted by molar-refractivity contribution is 6.30. The number of nitrogens with two attached hydrogens (primary N) is 1. The number of hydrogen-bond donors (Lipinski definition) is 1. The Morgan fingerprint density at radius 1 is 1.17 bits per heavy atom. The topological polar surface area (TPSA) is 85.5 Å². The molecule has 6 nitrogen and oxygen atoms in total. The van der Waals surface area contributed by atoms with Crippen molar-refractivity contribution in [2.75, 3.05) is 0 Å². The van der Waals surface area contributed by atoms with Gasteiger partial charge in [-0.2, -0.15) is 0 Å². The summed E-state index contributed by atoms with van der Waals surface area (Å²) in [5.74, 6) is -3.24. The zero-order valence-corrected chi connectivity index (χ0v) is 18.7. The third-order valence-electron chi connectivity index (χ3n) is 5.68. The van der Waals surface area contributed by atoms with Crippen LogP contribution in [0.1, 0.15) is 45.6 Å². The van der Waals surface area contributed by atoms with Gasteiger partial charge in [0.15, 0.2) is 0 Å². The molecular weight excluding hydrogens is 490 g/mol. The summed E-state index contributed by atoms with van der Waals surface area (Å²) in [7, 11) is 0. The number of benzene rings is 2. The molecule has 2 atom stereocenters. The quantitative estimate of drug-likeness (QED) is 0.469. The lowest BCUT2D eigenvalue weighted by molar-refractivity contribution is -0.274. The van der Waals surface area contributed by atoms with Gasteiger partial charge in [-0.1, -0.05) is 29.8 Å². The molecule has 1 aromatic heterocycles. The number of hydrogen-bond acceptors (Lipinski definition) is 4. The molecule has 1 unspecified atom stereocenters. The van der Waals surface area contributed by atoms with Gasteiger partial charge in [0.25, 0.3) is 5.91 Å². The lowest BCUT2D eigenvalue weighted by atomic mass is 9.98. The van der Waals surface area contributed by atoms with Gasteiger partial charge in [-0.05, 0) is 54.3 Å². The number of carbonyl (C=O) groups is 2. The number of alkyl halides is 3. The van der Waals surface area contributed by atoms with E-state index < -0.39 is 47.4 Å². The molecule has 1 aliphatic rings. The predicted octanol–water partition coefficient (Wildman–Crippen LogP) is 5.13. The van der Waals surface area contributed by atoms with Crippen LogP contribution >= 0.6 is 11.6 Å². The van der Waals surface area contributed by atoms with Crippen LogP contribution in [0.4, 0.5) is 17.6 Å². The Kier molecular flexibility index (Phi) is 6.66. The average molecular weight is 508 g/mol. The maximum absolute atomic E-state index is 14.6. The van der Waals surface area contributed by atoms with Gasteiger partial charge in [-0.3, -0.25) is 14.6 Å². The summed E-state index contributed by atoms with van der Waals surface area (Å²) in [6.45, 7) is 0. The van der Waals surface area contributed by atoms with Gasteiger partial charge >= 0.3 is 6.36 Å². The average Bonchev–Trinajstić information content (AvgIpc) is 3.20. The Hall–Kier alpha value is -3.66. The molecule has 3 aromatic rings. The number of para-hydroxylation sites is 1. The van der Waals surface area contributed by atoms with Crippen molar-refractivity contribution in [3.8, 4) is 5.75 Å². The van der Waals surface area contributed by atoms with Crippen LogP contribution in [-0.4, -0.2) is 28.1 Å². The van der Waals surface area contributed by atoms with E-state index in [0.29, 0.717) is 11.1 Å². The summed E-state index contributed by atoms with van der Waals surface area (Å²) in [5, 5.41) is 0.0679. The second-order valence-electron chi connectivity index (χ2n) is 7.86. The number of fused-ring (bicyclic) bond motifs is 1. The number of amides is 2. The van der Waals surface area contributed by atoms with Gasteiger partial charge in [0.05, 0.1) is 11.6 Å². The Labute approximate surface area is 202 Å². The van der Waals surface area contributed by atoms with Crippen LogP contribution in [0.5, 0.6) is 5.75 Å². The second kappa shape index (κ2) is 9.53. The molecule has 35 heavy (non-hydrogen) atoms. The minimum atomic E-state index is -5.07. The maximum Gasteiger partial charge on any atom is 0.573 e. The number of carbonyl (C=O) groups excluding carboxylic acids is 2. The zero-order valence-electron chi connectivity index (χ0n) is 17.9. The summed E-state index contributed by atoms with van der Waals surface area (Å²) >= 11 is 6.06. The van der Waals surface area contributed by atoms with Gasteiger partial charge in [0.1, 0.15) is 17.6 Å². The number of pyridine rings is 1. The molecule has 0 saturated carbocycles. The summed E-state index contributed by atoms with van der Waals surface area (Å²) in [4.78, 5) is 31.6. The standard InChI is InChI=1S/C24H18ClF4N3O3/c25-14-10-17-15(18(26)11-14)7-8-19(17)32(21(22(30)33)13-4-3-9-31-12-13)23(34)16-5-1-2-6-20(16)35-24(27,28)29/h1-6,9-12,19,21H,7-8H2,(H2,30,33)/t19-,21?/m1/s1. The van der Waals surface area contributed by atoms with E-state index in [4.69, 9.17) is 17.3 Å². The first-order chi connectivity index (χ1) is 16.6. The highest BCUT2D eigenvalue weighted by atomic mass is 35.5. The van der Waals surface area contributed by atoms with Crippen molar-refractivity contribution >= 4 is 23.4 Å². The Balaban J connectivity index is 1.90. The van der Waals surface area contributed by atoms with Gasteiger partial charge in [-0.15, -0.1) is 13.2 Å². The van der Waals surface area contributed by atoms with Crippen LogP contribution in [0.2, 0.25) is 5.02 Å². The van der Waals surface area contributed by atoms with E-state index in [1.165, 1.54) is 42.7 Å². The van der Waals surface area contributed by atoms with Crippen molar-refractivity contribution < 1.29 is 31.9 Å². The number of ether oxygens (including phenoxy) is 1. The largest absolute Gasteiger partial charge is 0.573 e. The molecule has 0 fully saturated rings. The number of rotatable bonds is 6. The first-order valence-electron chi connectivity index (χ1n) is 10.4. The van der Waals surface area contributed by atoms with Crippen LogP contribution in [0.25, 0.3) is 0 Å². The molecule has 4 rings (SSSR count). The van der Waals surface area contributed by atoms with E-state index in [1.807, 2.05) is 0 Å². The van der Waals surface area contributed by atoms with Gasteiger partial charge in [-0.25, -0.2) is 4.39 Å². The fourth-order valence-corrected chi connectivity index (χ4v) is 4.56. The molecule has 0 radical (unpaired) electrons. The Bertz CT molecular complexity index is 1270. The molecule has 2 amide bonds. The van der Waals surface area contributed by atoms with Crippen LogP contribution in [0.3, 0.4) is 0 Å². The summed E-state index contributed by atoms with van der Waals surface area (Å²) < 4.78 is 57.8. The van der Waals surface area contributed by atoms with Gasteiger partial charge in [0, 0.05) is 23.0 Å². The van der Waals surface area contributed by atoms with E-state index in [0.717, 1.165) is 23.1 Å². The van der Waals surface area contributed by atoms with E-state index >= 15 is 0 Å². The van der Waals surface area contributed by atoms with E-state index in [1.54, 1.807) is 0 Å². The Morgan fingerprint density at radius 3 is 2.57 bits per heavy atom. The highest BCUT2D eigenvalue weighted by Gasteiger charge is 2.42. The van der Waals surface area contributed by atoms with Gasteiger partial charge < -0.3 is 15.4 Å². The second-order valence-corrected chi connectivity index (χ2v) is 8.29. The molecule has 0 saturated heterocycles. The third kappa shape index (κ3) is 5.07. The SMILES string of the molecule is NC(=O)C(c1cccnc1)N(C(=O)c1ccccc1OC(F)(F)F)[C@@H]1CCc2c(F)cc(Cl)cc21. The lowest BCUT2D eigenvalue weighted by Gasteiger charge is -2.36. The summed E-state index contributed by atoms with van der Waals surface area (Å²) in [6, 6.07) is 8.06. The Morgan fingerprint density at radius 2 is 1.91 bits per heavy atom. The molecule has 182 valence electrons. The normalized spacial score (nSPS) is 15.9. The smallest absolute Gasteiger partial charge is 0.405 e. The third-order valence-corrected chi connectivity index (χ3v) is 5.90. The van der Waals surface area contributed by atoms with Crippen molar-refractivity contribution in [2.45, 2.75) is 31.3 Å². The van der Waals surface area contributed by atoms with Crippen molar-refractivity contribution in [3.05, 3.63) is 94.0 Å². The first kappa shape index (κ1) is 24.5. The highest BCUT2D eigenvalue weighted by Crippen LogP contribution is 2.43. The molecule has 0 bridgehead atoms. The molecule has 1 heterocycles. The van der Waals surface area contributed by atoms with E-state index in [-0.39, 0.29) is 23.4 Å². The molecular formula is C24H18ClF4N3O3. The van der Waals surface area contributed by atoms with Crippen LogP contribution in [0, 0.1) is 5.82 Å². The molecule has 2 aromatic carbocycles. The minimum Gasteiger partial charge on any atom is -0.405 e. The van der Waals surface area contributed by atoms with Crippen molar-refractivity contribution in [3.63, 3.8) is 0 Å². The zero-order chi connectivity index (χ0) is 25.3. The van der Waals surface area contributed by atoms with Crippen molar-refractivity contribution in [1.82, 2.24) is 9.88 Å². The lowest BCUT2D eigenvalue weighted by Crippen LogP contribution is -2.43.